The van der Waals surface area contributed by atoms with Crippen LogP contribution in [0.4, 0.5) is 4.79 Å². The molecule has 2 aliphatic heterocycles. The molecule has 4 amide bonds. The summed E-state index contributed by atoms with van der Waals surface area (Å²) in [5.74, 6) is -1.34. The molecule has 25 heavy (non-hydrogen) atoms. The van der Waals surface area contributed by atoms with Crippen LogP contribution in [0.15, 0.2) is 0 Å². The Morgan fingerprint density at radius 2 is 2.08 bits per heavy atom. The van der Waals surface area contributed by atoms with Gasteiger partial charge >= 0.3 is 6.03 Å². The normalized spacial score (nSPS) is 27.3. The molecule has 2 unspecified atom stereocenters. The third-order valence-electron chi connectivity index (χ3n) is 4.83. The van der Waals surface area contributed by atoms with Crippen LogP contribution in [0.5, 0.6) is 0 Å². The second-order valence-corrected chi connectivity index (χ2v) is 6.59. The van der Waals surface area contributed by atoms with Gasteiger partial charge in [-0.15, -0.1) is 0 Å². The van der Waals surface area contributed by atoms with Gasteiger partial charge in [0, 0.05) is 13.6 Å². The van der Waals surface area contributed by atoms with Gasteiger partial charge in [-0.25, -0.2) is 9.69 Å². The number of unbranched alkanes of at least 4 members (excludes halogenated alkanes) is 1. The lowest BCUT2D eigenvalue weighted by atomic mass is 9.96. The summed E-state index contributed by atoms with van der Waals surface area (Å²) < 4.78 is 1.85. The molecule has 2 atom stereocenters. The van der Waals surface area contributed by atoms with E-state index in [2.05, 4.69) is 12.2 Å². The summed E-state index contributed by atoms with van der Waals surface area (Å²) in [6, 6.07) is 1.55. The first-order valence-corrected chi connectivity index (χ1v) is 8.76. The highest BCUT2D eigenvalue weighted by molar-refractivity contribution is 6.17. The third kappa shape index (κ3) is 3.81. The van der Waals surface area contributed by atoms with Crippen molar-refractivity contribution >= 4 is 23.7 Å². The molecule has 0 aromatic carbocycles. The number of nitrogens with one attached hydrogen (secondary N) is 1. The smallest absolute Gasteiger partial charge is 0.356 e. The van der Waals surface area contributed by atoms with Gasteiger partial charge in [0.15, 0.2) is 0 Å². The molecular formula is C17H26N5O3+. The number of urea groups is 1. The van der Waals surface area contributed by atoms with E-state index in [1.165, 1.54) is 11.9 Å². The zero-order valence-electron chi connectivity index (χ0n) is 15.1. The third-order valence-corrected chi connectivity index (χ3v) is 4.83. The highest BCUT2D eigenvalue weighted by Crippen LogP contribution is 2.20. The number of carbonyl (C=O) groups excluding carboxylic acids is 3. The molecule has 2 saturated heterocycles. The maximum Gasteiger partial charge on any atom is 0.417 e. The van der Waals surface area contributed by atoms with Gasteiger partial charge in [0.05, 0.1) is 32.1 Å². The molecule has 1 N–H and O–H groups in total. The number of hydrogen-bond acceptors (Lipinski definition) is 4. The van der Waals surface area contributed by atoms with E-state index >= 15 is 0 Å². The zero-order valence-corrected chi connectivity index (χ0v) is 15.1. The number of hydrogen-bond donors (Lipinski definition) is 1. The monoisotopic (exact) mass is 348 g/mol. The van der Waals surface area contributed by atoms with Crippen molar-refractivity contribution in [3.63, 3.8) is 0 Å². The predicted molar refractivity (Wildman–Crippen MR) is 90.7 cm³/mol. The van der Waals surface area contributed by atoms with E-state index < -0.39 is 17.9 Å². The van der Waals surface area contributed by atoms with Crippen LogP contribution >= 0.6 is 0 Å². The summed E-state index contributed by atoms with van der Waals surface area (Å²) in [6.45, 7) is 3.77. The van der Waals surface area contributed by atoms with Crippen molar-refractivity contribution in [2.75, 3.05) is 33.7 Å². The standard InChI is InChI=1S/C17H25N5O3/c1-4-5-8-19-14(23)12-7-6-9-22(11-12)15-13(10-18)16(24)21(3)17(25)20(15)2/h12-13H,4-9,11H2,1-3H3/p+1. The van der Waals surface area contributed by atoms with Gasteiger partial charge in [0.2, 0.25) is 11.8 Å². The van der Waals surface area contributed by atoms with Gasteiger partial charge in [-0.3, -0.25) is 14.2 Å². The second-order valence-electron chi connectivity index (χ2n) is 6.59. The van der Waals surface area contributed by atoms with Gasteiger partial charge in [0.25, 0.3) is 11.7 Å². The minimum absolute atomic E-state index is 0.000455. The minimum atomic E-state index is -1.02. The maximum atomic E-state index is 12.3. The predicted octanol–water partition coefficient (Wildman–Crippen LogP) is 0.387. The Labute approximate surface area is 148 Å². The Morgan fingerprint density at radius 3 is 2.72 bits per heavy atom. The molecule has 0 radical (unpaired) electrons. The first kappa shape index (κ1) is 18.9. The van der Waals surface area contributed by atoms with E-state index in [0.717, 1.165) is 30.6 Å². The largest absolute Gasteiger partial charge is 0.417 e. The lowest BCUT2D eigenvalue weighted by Crippen LogP contribution is -2.60. The molecule has 136 valence electrons. The van der Waals surface area contributed by atoms with Crippen LogP contribution in [-0.2, 0) is 9.59 Å². The van der Waals surface area contributed by atoms with Crippen LogP contribution in [-0.4, -0.2) is 71.8 Å². The van der Waals surface area contributed by atoms with E-state index in [1.807, 2.05) is 10.6 Å². The molecular weight excluding hydrogens is 322 g/mol. The molecule has 2 rings (SSSR count). The van der Waals surface area contributed by atoms with Gasteiger partial charge in [-0.05, 0) is 19.3 Å². The highest BCUT2D eigenvalue weighted by atomic mass is 16.2. The van der Waals surface area contributed by atoms with Crippen LogP contribution in [0.2, 0.25) is 0 Å². The summed E-state index contributed by atoms with van der Waals surface area (Å²) >= 11 is 0. The van der Waals surface area contributed by atoms with Crippen LogP contribution in [0.3, 0.4) is 0 Å². The number of carbonyl (C=O) groups is 3. The van der Waals surface area contributed by atoms with Crippen LogP contribution in [0.1, 0.15) is 32.6 Å². The van der Waals surface area contributed by atoms with E-state index in [0.29, 0.717) is 25.5 Å². The summed E-state index contributed by atoms with van der Waals surface area (Å²) in [5.41, 5.74) is 0. The fraction of sp³-hybridized carbons (Fsp3) is 0.706. The summed E-state index contributed by atoms with van der Waals surface area (Å²) in [6.07, 6.45) is 3.50. The fourth-order valence-corrected chi connectivity index (χ4v) is 3.35. The van der Waals surface area contributed by atoms with Crippen LogP contribution in [0, 0.1) is 23.2 Å². The molecule has 0 saturated carbocycles. The number of amides is 4. The number of piperidine rings is 1. The number of nitriles is 1. The molecule has 2 fully saturated rings. The topological polar surface area (TPSA) is 96.5 Å². The quantitative estimate of drug-likeness (QED) is 0.587. The van der Waals surface area contributed by atoms with E-state index in [1.54, 1.807) is 7.05 Å². The van der Waals surface area contributed by atoms with Gasteiger partial charge in [-0.2, -0.15) is 10.2 Å². The van der Waals surface area contributed by atoms with Crippen LogP contribution in [0.25, 0.3) is 0 Å². The number of amidine groups is 1. The van der Waals surface area contributed by atoms with Crippen molar-refractivity contribution < 1.29 is 19.0 Å². The lowest BCUT2D eigenvalue weighted by Gasteiger charge is -2.31. The lowest BCUT2D eigenvalue weighted by molar-refractivity contribution is -0.548. The van der Waals surface area contributed by atoms with Crippen molar-refractivity contribution in [1.82, 2.24) is 15.1 Å². The maximum absolute atomic E-state index is 12.3. The van der Waals surface area contributed by atoms with Crippen molar-refractivity contribution in [1.29, 1.82) is 5.26 Å². The van der Waals surface area contributed by atoms with Gasteiger partial charge in [-0.1, -0.05) is 13.3 Å². The molecule has 2 heterocycles. The van der Waals surface area contributed by atoms with Crippen molar-refractivity contribution in [2.24, 2.45) is 11.8 Å². The van der Waals surface area contributed by atoms with Crippen molar-refractivity contribution in [3.05, 3.63) is 0 Å². The Bertz CT molecular complexity index is 637. The molecule has 8 heteroatoms. The van der Waals surface area contributed by atoms with E-state index in [9.17, 15) is 19.6 Å². The average molecular weight is 348 g/mol. The fourth-order valence-electron chi connectivity index (χ4n) is 3.35. The SMILES string of the molecule is CCCCNC(=O)C1CCC[N+](=C2C(C#N)C(=O)N(C)C(=O)N2C)C1. The molecule has 8 nitrogen and oxygen atoms in total. The summed E-state index contributed by atoms with van der Waals surface area (Å²) in [4.78, 5) is 39.2. The van der Waals surface area contributed by atoms with E-state index in [-0.39, 0.29) is 11.8 Å². The molecule has 2 aliphatic rings. The molecule has 0 aromatic rings. The van der Waals surface area contributed by atoms with Gasteiger partial charge in [0.1, 0.15) is 0 Å². The Balaban J connectivity index is 2.24. The molecule has 0 bridgehead atoms. The Morgan fingerprint density at radius 1 is 1.36 bits per heavy atom. The Kier molecular flexibility index (Phi) is 6.12. The second kappa shape index (κ2) is 8.10. The summed E-state index contributed by atoms with van der Waals surface area (Å²) in [5, 5.41) is 12.4. The average Bonchev–Trinajstić information content (AvgIpc) is 2.63. The Hall–Kier alpha value is -2.43. The van der Waals surface area contributed by atoms with Gasteiger partial charge < -0.3 is 5.32 Å². The first-order valence-electron chi connectivity index (χ1n) is 8.76. The molecule has 0 aromatic heterocycles. The van der Waals surface area contributed by atoms with Crippen molar-refractivity contribution in [2.45, 2.75) is 32.6 Å². The van der Waals surface area contributed by atoms with Crippen molar-refractivity contribution in [3.8, 4) is 6.07 Å². The zero-order chi connectivity index (χ0) is 18.6. The molecule has 0 aliphatic carbocycles. The highest BCUT2D eigenvalue weighted by Gasteiger charge is 2.49. The van der Waals surface area contributed by atoms with Crippen LogP contribution < -0.4 is 5.32 Å². The minimum Gasteiger partial charge on any atom is -0.356 e. The molecule has 0 spiro atoms. The number of nitrogens with zero attached hydrogens (tertiary/aromatic N) is 4. The van der Waals surface area contributed by atoms with E-state index in [4.69, 9.17) is 0 Å². The number of rotatable bonds is 4. The number of imide groups is 1. The first-order chi connectivity index (χ1) is 11.9. The summed E-state index contributed by atoms with van der Waals surface area (Å²) in [7, 11) is 2.94.